The lowest BCUT2D eigenvalue weighted by atomic mass is 9.83. The molecule has 0 bridgehead atoms. The molecule has 0 saturated carbocycles. The predicted octanol–water partition coefficient (Wildman–Crippen LogP) is 18.6. The third-order valence-corrected chi connectivity index (χ3v) is 12.7. The molecule has 0 spiro atoms. The van der Waals surface area contributed by atoms with Gasteiger partial charge in [-0.15, -0.1) is 0 Å². The van der Waals surface area contributed by atoms with E-state index in [0.717, 1.165) is 5.92 Å². The van der Waals surface area contributed by atoms with Gasteiger partial charge in [0.05, 0.1) is 6.61 Å². The summed E-state index contributed by atoms with van der Waals surface area (Å²) in [5.74, 6) is 1.64. The van der Waals surface area contributed by atoms with Gasteiger partial charge in [0.1, 0.15) is 0 Å². The average Bonchev–Trinajstić information content (AvgIpc) is 3.16. The van der Waals surface area contributed by atoms with Gasteiger partial charge in [-0.3, -0.25) is 0 Å². The predicted molar refractivity (Wildman–Crippen MR) is 244 cm³/mol. The van der Waals surface area contributed by atoms with Gasteiger partial charge in [0, 0.05) is 5.57 Å². The van der Waals surface area contributed by atoms with Crippen LogP contribution in [-0.4, -0.2) is 12.6 Å². The van der Waals surface area contributed by atoms with Gasteiger partial charge < -0.3 is 4.74 Å². The topological polar surface area (TPSA) is 26.3 Å². The second-order valence-electron chi connectivity index (χ2n) is 18.4. The van der Waals surface area contributed by atoms with Crippen LogP contribution in [-0.2, 0) is 9.53 Å². The van der Waals surface area contributed by atoms with Gasteiger partial charge in [-0.05, 0) is 31.1 Å². The quantitative estimate of drug-likeness (QED) is 0.0351. The Morgan fingerprint density at radius 3 is 0.981 bits per heavy atom. The maximum absolute atomic E-state index is 12.2. The molecule has 3 unspecified atom stereocenters. The molecule has 0 amide bonds. The molecule has 3 atom stereocenters. The van der Waals surface area contributed by atoms with Gasteiger partial charge in [-0.2, -0.15) is 0 Å². The third-order valence-electron chi connectivity index (χ3n) is 12.7. The molecule has 0 aliphatic heterocycles. The van der Waals surface area contributed by atoms with E-state index in [-0.39, 0.29) is 5.97 Å². The van der Waals surface area contributed by atoms with E-state index >= 15 is 0 Å². The zero-order valence-corrected chi connectivity index (χ0v) is 38.2. The number of carbonyl (C=O) groups is 1. The Kier molecular flexibility index (Phi) is 42.7. The fraction of sp³-hybridized carbons (Fsp3) is 0.942. The molecule has 0 N–H and O–H groups in total. The Morgan fingerprint density at radius 2 is 0.685 bits per heavy atom. The van der Waals surface area contributed by atoms with E-state index in [1.165, 1.54) is 257 Å². The van der Waals surface area contributed by atoms with Gasteiger partial charge in [0.2, 0.25) is 0 Å². The summed E-state index contributed by atoms with van der Waals surface area (Å²) in [4.78, 5) is 12.2. The molecular formula is C52H102O2. The number of ether oxygens (including phenoxy) is 1. The molecule has 0 aromatic heterocycles. The third kappa shape index (κ3) is 39.4. The Morgan fingerprint density at radius 1 is 0.407 bits per heavy atom. The van der Waals surface area contributed by atoms with Crippen molar-refractivity contribution in [1.29, 1.82) is 0 Å². The molecule has 0 rings (SSSR count). The molecule has 54 heavy (non-hydrogen) atoms. The van der Waals surface area contributed by atoms with Crippen molar-refractivity contribution < 1.29 is 9.53 Å². The standard InChI is InChI=1S/C52H102O2/c1-7-9-11-13-15-17-19-21-23-25-27-29-31-33-35-37-39-41-43-49(5)45-46-51(47-54-52(53)48(3)4)50(6)44-42-40-38-36-34-32-30-28-26-24-22-20-18-16-14-12-10-8-2/h49-51H,3,7-47H2,1-2,4-6H3. The number of esters is 1. The van der Waals surface area contributed by atoms with Crippen LogP contribution in [0.25, 0.3) is 0 Å². The maximum atomic E-state index is 12.2. The number of unbranched alkanes of at least 4 members (excludes halogenated alkanes) is 34. The second kappa shape index (κ2) is 43.3. The minimum atomic E-state index is -0.216. The van der Waals surface area contributed by atoms with E-state index in [1.807, 2.05) is 0 Å². The van der Waals surface area contributed by atoms with E-state index in [2.05, 4.69) is 34.3 Å². The summed E-state index contributed by atoms with van der Waals surface area (Å²) in [7, 11) is 0. The highest BCUT2D eigenvalue weighted by Gasteiger charge is 2.20. The van der Waals surface area contributed by atoms with Crippen LogP contribution in [0.5, 0.6) is 0 Å². The zero-order chi connectivity index (χ0) is 39.6. The Labute approximate surface area is 342 Å². The summed E-state index contributed by atoms with van der Waals surface area (Å²) in [6.45, 7) is 15.6. The molecule has 0 aromatic rings. The minimum absolute atomic E-state index is 0.216. The van der Waals surface area contributed by atoms with Crippen molar-refractivity contribution in [2.75, 3.05) is 6.61 Å². The van der Waals surface area contributed by atoms with Crippen LogP contribution in [0.1, 0.15) is 291 Å². The van der Waals surface area contributed by atoms with E-state index in [1.54, 1.807) is 6.92 Å². The number of hydrogen-bond acceptors (Lipinski definition) is 2. The summed E-state index contributed by atoms with van der Waals surface area (Å²) in [6, 6.07) is 0. The van der Waals surface area contributed by atoms with E-state index in [9.17, 15) is 4.79 Å². The van der Waals surface area contributed by atoms with Gasteiger partial charge in [-0.25, -0.2) is 4.79 Å². The lowest BCUT2D eigenvalue weighted by Crippen LogP contribution is -2.21. The van der Waals surface area contributed by atoms with Crippen LogP contribution in [0, 0.1) is 17.8 Å². The fourth-order valence-electron chi connectivity index (χ4n) is 8.48. The summed E-state index contributed by atoms with van der Waals surface area (Å²) in [6.07, 6.45) is 56.6. The zero-order valence-electron chi connectivity index (χ0n) is 38.2. The van der Waals surface area contributed by atoms with Crippen LogP contribution in [0.15, 0.2) is 12.2 Å². The Balaban J connectivity index is 3.88. The number of rotatable bonds is 45. The summed E-state index contributed by atoms with van der Waals surface area (Å²) >= 11 is 0. The van der Waals surface area contributed by atoms with E-state index < -0.39 is 0 Å². The van der Waals surface area contributed by atoms with Crippen LogP contribution in [0.4, 0.5) is 0 Å². The first-order valence-corrected chi connectivity index (χ1v) is 25.2. The second-order valence-corrected chi connectivity index (χ2v) is 18.4. The molecule has 0 radical (unpaired) electrons. The van der Waals surface area contributed by atoms with Gasteiger partial charge in [0.15, 0.2) is 0 Å². The molecule has 0 aromatic carbocycles. The monoisotopic (exact) mass is 759 g/mol. The summed E-state index contributed by atoms with van der Waals surface area (Å²) < 4.78 is 5.72. The first-order chi connectivity index (χ1) is 26.4. The molecule has 0 saturated heterocycles. The molecule has 0 aliphatic carbocycles. The van der Waals surface area contributed by atoms with E-state index in [4.69, 9.17) is 4.74 Å². The highest BCUT2D eigenvalue weighted by Crippen LogP contribution is 2.28. The smallest absolute Gasteiger partial charge is 0.333 e. The number of carbonyl (C=O) groups excluding carboxylic acids is 1. The van der Waals surface area contributed by atoms with Crippen molar-refractivity contribution in [2.45, 2.75) is 291 Å². The van der Waals surface area contributed by atoms with Gasteiger partial charge in [0.25, 0.3) is 0 Å². The van der Waals surface area contributed by atoms with Crippen molar-refractivity contribution in [2.24, 2.45) is 17.8 Å². The lowest BCUT2D eigenvalue weighted by molar-refractivity contribution is -0.141. The van der Waals surface area contributed by atoms with Gasteiger partial charge >= 0.3 is 5.97 Å². The first kappa shape index (κ1) is 53.2. The van der Waals surface area contributed by atoms with Crippen molar-refractivity contribution in [3.63, 3.8) is 0 Å². The molecule has 2 heteroatoms. The Hall–Kier alpha value is -0.790. The van der Waals surface area contributed by atoms with Crippen molar-refractivity contribution in [3.05, 3.63) is 12.2 Å². The summed E-state index contributed by atoms with van der Waals surface area (Å²) in [5, 5.41) is 0. The van der Waals surface area contributed by atoms with Crippen LogP contribution >= 0.6 is 0 Å². The van der Waals surface area contributed by atoms with Crippen molar-refractivity contribution >= 4 is 5.97 Å². The Bertz CT molecular complexity index is 757. The van der Waals surface area contributed by atoms with Crippen LogP contribution < -0.4 is 0 Å². The highest BCUT2D eigenvalue weighted by atomic mass is 16.5. The van der Waals surface area contributed by atoms with Gasteiger partial charge in [-0.1, -0.05) is 285 Å². The summed E-state index contributed by atoms with van der Waals surface area (Å²) in [5.41, 5.74) is 0.521. The molecule has 0 heterocycles. The van der Waals surface area contributed by atoms with E-state index in [0.29, 0.717) is 24.0 Å². The fourth-order valence-corrected chi connectivity index (χ4v) is 8.48. The molecule has 0 aliphatic rings. The first-order valence-electron chi connectivity index (χ1n) is 25.2. The average molecular weight is 759 g/mol. The van der Waals surface area contributed by atoms with Crippen molar-refractivity contribution in [3.8, 4) is 0 Å². The molecule has 2 nitrogen and oxygen atoms in total. The molecular weight excluding hydrogens is 657 g/mol. The van der Waals surface area contributed by atoms with Crippen LogP contribution in [0.2, 0.25) is 0 Å². The minimum Gasteiger partial charge on any atom is -0.462 e. The molecule has 322 valence electrons. The van der Waals surface area contributed by atoms with Crippen LogP contribution in [0.3, 0.4) is 0 Å². The number of hydrogen-bond donors (Lipinski definition) is 0. The largest absolute Gasteiger partial charge is 0.462 e. The highest BCUT2D eigenvalue weighted by molar-refractivity contribution is 5.86. The maximum Gasteiger partial charge on any atom is 0.333 e. The normalized spacial score (nSPS) is 13.3. The SMILES string of the molecule is C=C(C)C(=O)OCC(CCC(C)CCCCCCCCCCCCCCCCCCCC)C(C)CCCCCCCCCCCCCCCCCCCC. The van der Waals surface area contributed by atoms with Crippen molar-refractivity contribution in [1.82, 2.24) is 0 Å². The molecule has 0 fully saturated rings. The lowest BCUT2D eigenvalue weighted by Gasteiger charge is -2.25.